The van der Waals surface area contributed by atoms with Gasteiger partial charge in [0, 0.05) is 12.7 Å². The zero-order chi connectivity index (χ0) is 22.8. The number of hydrogen-bond acceptors (Lipinski definition) is 6. The molecule has 3 N–H and O–H groups in total. The number of nitrogens with zero attached hydrogens (tertiary/aromatic N) is 2. The molecule has 0 amide bonds. The highest BCUT2D eigenvalue weighted by Crippen LogP contribution is 2.33. The van der Waals surface area contributed by atoms with Gasteiger partial charge in [0.15, 0.2) is 23.4 Å². The quantitative estimate of drug-likeness (QED) is 0.369. The molecule has 1 atom stereocenters. The molecular formula is C23H19FN2O6. The number of hydrogen-bond donors (Lipinski definition) is 3. The average molecular weight is 438 g/mol. The van der Waals surface area contributed by atoms with Crippen LogP contribution in [0.15, 0.2) is 60.8 Å². The number of carbonyl (C=O) groups is 1. The predicted molar refractivity (Wildman–Crippen MR) is 113 cm³/mol. The number of rotatable bonds is 7. The Balaban J connectivity index is 1.68. The molecule has 0 fully saturated rings. The number of halogens is 1. The molecule has 2 aromatic heterocycles. The molecule has 2 aromatic carbocycles. The summed E-state index contributed by atoms with van der Waals surface area (Å²) in [5, 5.41) is 29.1. The van der Waals surface area contributed by atoms with Crippen molar-refractivity contribution < 1.29 is 34.0 Å². The average Bonchev–Trinajstić information content (AvgIpc) is 3.08. The molecule has 0 saturated heterocycles. The minimum absolute atomic E-state index is 0.0218. The first-order chi connectivity index (χ1) is 15.3. The van der Waals surface area contributed by atoms with Crippen LogP contribution in [0.3, 0.4) is 0 Å². The third kappa shape index (κ3) is 4.41. The van der Waals surface area contributed by atoms with E-state index in [-0.39, 0.29) is 23.8 Å². The lowest BCUT2D eigenvalue weighted by Gasteiger charge is -2.13. The number of fused-ring (bicyclic) bond motifs is 1. The van der Waals surface area contributed by atoms with Crippen LogP contribution < -0.4 is 9.47 Å². The maximum Gasteiger partial charge on any atom is 0.344 e. The third-order valence-corrected chi connectivity index (χ3v) is 4.74. The number of carboxylic acid groups (broad SMARTS) is 1. The standard InChI is InChI=1S/C23H19FN2O6/c1-13(23(29)30)31-19-10-14(2-8-18(19)28)11-26-12-20(17-7-9-21(24)25-22(17)26)32-16-5-3-15(27)4-6-16/h2-10,12-13,27-28H,11H2,1H3,(H,29,30). The Morgan fingerprint density at radius 1 is 1.09 bits per heavy atom. The van der Waals surface area contributed by atoms with E-state index in [2.05, 4.69) is 4.98 Å². The molecule has 164 valence electrons. The van der Waals surface area contributed by atoms with E-state index >= 15 is 0 Å². The van der Waals surface area contributed by atoms with Gasteiger partial charge in [-0.3, -0.25) is 0 Å². The van der Waals surface area contributed by atoms with E-state index in [4.69, 9.17) is 14.6 Å². The van der Waals surface area contributed by atoms with Gasteiger partial charge in [-0.1, -0.05) is 6.07 Å². The first kappa shape index (κ1) is 21.0. The minimum atomic E-state index is -1.16. The molecule has 32 heavy (non-hydrogen) atoms. The van der Waals surface area contributed by atoms with E-state index in [9.17, 15) is 19.4 Å². The summed E-state index contributed by atoms with van der Waals surface area (Å²) in [5.74, 6) is -0.971. The van der Waals surface area contributed by atoms with Gasteiger partial charge in [-0.15, -0.1) is 0 Å². The molecule has 0 spiro atoms. The summed E-state index contributed by atoms with van der Waals surface area (Å²) in [7, 11) is 0. The van der Waals surface area contributed by atoms with E-state index in [0.29, 0.717) is 28.1 Å². The molecule has 0 aliphatic heterocycles. The molecule has 1 unspecified atom stereocenters. The fourth-order valence-electron chi connectivity index (χ4n) is 3.14. The number of carboxylic acids is 1. The summed E-state index contributed by atoms with van der Waals surface area (Å²) < 4.78 is 26.8. The number of aromatic hydroxyl groups is 2. The van der Waals surface area contributed by atoms with Crippen molar-refractivity contribution in [2.24, 2.45) is 0 Å². The van der Waals surface area contributed by atoms with Crippen molar-refractivity contribution in [1.29, 1.82) is 0 Å². The number of aliphatic carboxylic acids is 1. The van der Waals surface area contributed by atoms with Crippen LogP contribution in [0.2, 0.25) is 0 Å². The number of phenolic OH excluding ortho intramolecular Hbond substituents is 2. The molecule has 8 nitrogen and oxygen atoms in total. The summed E-state index contributed by atoms with van der Waals surface area (Å²) in [5.41, 5.74) is 1.00. The van der Waals surface area contributed by atoms with Crippen molar-refractivity contribution in [3.8, 4) is 28.7 Å². The molecule has 4 aromatic rings. The van der Waals surface area contributed by atoms with Crippen LogP contribution in [0.5, 0.6) is 28.7 Å². The monoisotopic (exact) mass is 438 g/mol. The second-order valence-corrected chi connectivity index (χ2v) is 7.12. The van der Waals surface area contributed by atoms with Gasteiger partial charge in [0.2, 0.25) is 5.95 Å². The number of pyridine rings is 1. The van der Waals surface area contributed by atoms with Gasteiger partial charge in [0.25, 0.3) is 0 Å². The Kier molecular flexibility index (Phi) is 5.55. The minimum Gasteiger partial charge on any atom is -0.508 e. The lowest BCUT2D eigenvalue weighted by atomic mass is 10.2. The highest BCUT2D eigenvalue weighted by Gasteiger charge is 2.17. The first-order valence-corrected chi connectivity index (χ1v) is 9.64. The number of ether oxygens (including phenoxy) is 2. The first-order valence-electron chi connectivity index (χ1n) is 9.64. The Hall–Kier alpha value is -4.27. The highest BCUT2D eigenvalue weighted by molar-refractivity contribution is 5.84. The van der Waals surface area contributed by atoms with Crippen LogP contribution in [-0.4, -0.2) is 36.9 Å². The molecular weight excluding hydrogens is 419 g/mol. The fourth-order valence-corrected chi connectivity index (χ4v) is 3.14. The van der Waals surface area contributed by atoms with Gasteiger partial charge in [0.05, 0.1) is 5.39 Å². The maximum absolute atomic E-state index is 13.9. The zero-order valence-corrected chi connectivity index (χ0v) is 16.9. The highest BCUT2D eigenvalue weighted by atomic mass is 19.1. The molecule has 0 aliphatic rings. The van der Waals surface area contributed by atoms with Gasteiger partial charge in [-0.2, -0.15) is 4.39 Å². The van der Waals surface area contributed by atoms with Crippen LogP contribution in [0.4, 0.5) is 4.39 Å². The SMILES string of the molecule is CC(Oc1cc(Cn2cc(Oc3ccc(O)cc3)c3ccc(F)nc32)ccc1O)C(=O)O. The lowest BCUT2D eigenvalue weighted by Crippen LogP contribution is -2.23. The number of aromatic nitrogens is 2. The Labute approximate surface area is 181 Å². The molecule has 0 aliphatic carbocycles. The Morgan fingerprint density at radius 3 is 2.56 bits per heavy atom. The van der Waals surface area contributed by atoms with Crippen LogP contribution in [0.1, 0.15) is 12.5 Å². The summed E-state index contributed by atoms with van der Waals surface area (Å²) in [6.07, 6.45) is 0.515. The van der Waals surface area contributed by atoms with Crippen LogP contribution in [0.25, 0.3) is 11.0 Å². The predicted octanol–water partition coefficient (Wildman–Crippen LogP) is 4.28. The van der Waals surface area contributed by atoms with E-state index in [0.717, 1.165) is 0 Å². The maximum atomic E-state index is 13.9. The Bertz CT molecular complexity index is 1290. The second-order valence-electron chi connectivity index (χ2n) is 7.12. The topological polar surface area (TPSA) is 114 Å². The van der Waals surface area contributed by atoms with Crippen LogP contribution in [-0.2, 0) is 11.3 Å². The summed E-state index contributed by atoms with van der Waals surface area (Å²) >= 11 is 0. The van der Waals surface area contributed by atoms with Gasteiger partial charge >= 0.3 is 5.97 Å². The van der Waals surface area contributed by atoms with Crippen molar-refractivity contribution in [1.82, 2.24) is 9.55 Å². The van der Waals surface area contributed by atoms with E-state index in [1.165, 1.54) is 37.3 Å². The van der Waals surface area contributed by atoms with Gasteiger partial charge < -0.3 is 29.4 Å². The molecule has 9 heteroatoms. The molecule has 0 saturated carbocycles. The van der Waals surface area contributed by atoms with Gasteiger partial charge in [0.1, 0.15) is 17.1 Å². The van der Waals surface area contributed by atoms with E-state index in [1.54, 1.807) is 35.0 Å². The van der Waals surface area contributed by atoms with Crippen molar-refractivity contribution >= 4 is 17.0 Å². The number of benzene rings is 2. The summed E-state index contributed by atoms with van der Waals surface area (Å²) in [6, 6.07) is 13.5. The van der Waals surface area contributed by atoms with E-state index in [1.807, 2.05) is 0 Å². The molecule has 2 heterocycles. The van der Waals surface area contributed by atoms with Crippen molar-refractivity contribution in [2.75, 3.05) is 0 Å². The molecule has 4 rings (SSSR count). The lowest BCUT2D eigenvalue weighted by molar-refractivity contribution is -0.144. The normalized spacial score (nSPS) is 11.9. The van der Waals surface area contributed by atoms with Gasteiger partial charge in [-0.05, 0) is 61.0 Å². The summed E-state index contributed by atoms with van der Waals surface area (Å²) in [6.45, 7) is 1.58. The Morgan fingerprint density at radius 2 is 1.84 bits per heavy atom. The third-order valence-electron chi connectivity index (χ3n) is 4.74. The molecule has 0 radical (unpaired) electrons. The van der Waals surface area contributed by atoms with E-state index < -0.39 is 18.0 Å². The van der Waals surface area contributed by atoms with Crippen molar-refractivity contribution in [3.63, 3.8) is 0 Å². The number of phenols is 2. The van der Waals surface area contributed by atoms with Crippen LogP contribution >= 0.6 is 0 Å². The van der Waals surface area contributed by atoms with Crippen molar-refractivity contribution in [3.05, 3.63) is 72.3 Å². The van der Waals surface area contributed by atoms with Crippen molar-refractivity contribution in [2.45, 2.75) is 19.6 Å². The molecule has 0 bridgehead atoms. The largest absolute Gasteiger partial charge is 0.508 e. The summed E-state index contributed by atoms with van der Waals surface area (Å²) in [4.78, 5) is 15.0. The zero-order valence-electron chi connectivity index (χ0n) is 16.9. The van der Waals surface area contributed by atoms with Gasteiger partial charge in [-0.25, -0.2) is 9.78 Å². The smallest absolute Gasteiger partial charge is 0.344 e. The second kappa shape index (κ2) is 8.46. The fraction of sp³-hybridized carbons (Fsp3) is 0.130. The van der Waals surface area contributed by atoms with Crippen LogP contribution in [0, 0.1) is 5.95 Å².